The Hall–Kier alpha value is -4.12. The number of thioether (sulfide) groups is 1. The average molecular weight is 562 g/mol. The van der Waals surface area contributed by atoms with E-state index in [1.54, 1.807) is 20.4 Å². The molecule has 0 saturated carbocycles. The molecule has 0 spiro atoms. The molecule has 1 amide bonds. The maximum absolute atomic E-state index is 12.7. The van der Waals surface area contributed by atoms with Crippen molar-refractivity contribution in [2.24, 2.45) is 5.10 Å². The number of para-hydroxylation sites is 1. The Morgan fingerprint density at radius 3 is 2.55 bits per heavy atom. The van der Waals surface area contributed by atoms with Crippen LogP contribution in [0.15, 0.2) is 58.8 Å². The predicted molar refractivity (Wildman–Crippen MR) is 158 cm³/mol. The number of hydrogen-bond donors (Lipinski definition) is 1. The lowest BCUT2D eigenvalue weighted by molar-refractivity contribution is -0.118. The number of carbonyl (C=O) groups is 1. The van der Waals surface area contributed by atoms with Crippen LogP contribution in [0.1, 0.15) is 43.1 Å². The molecule has 210 valence electrons. The lowest BCUT2D eigenvalue weighted by Gasteiger charge is -2.12. The number of rotatable bonds is 13. The third kappa shape index (κ3) is 6.71. The highest BCUT2D eigenvalue weighted by Crippen LogP contribution is 2.34. The molecule has 4 rings (SSSR count). The van der Waals surface area contributed by atoms with Crippen LogP contribution in [-0.4, -0.2) is 56.6 Å². The minimum atomic E-state index is -0.248. The monoisotopic (exact) mass is 561 g/mol. The van der Waals surface area contributed by atoms with Crippen LogP contribution in [0.2, 0.25) is 0 Å². The van der Waals surface area contributed by atoms with Crippen molar-refractivity contribution in [1.82, 2.24) is 30.0 Å². The van der Waals surface area contributed by atoms with Gasteiger partial charge in [-0.05, 0) is 50.6 Å². The molecule has 2 aromatic heterocycles. The topological polar surface area (TPSA) is 108 Å². The summed E-state index contributed by atoms with van der Waals surface area (Å²) in [6, 6.07) is 15.4. The first-order chi connectivity index (χ1) is 19.5. The normalized spacial score (nSPS) is 11.2. The van der Waals surface area contributed by atoms with E-state index < -0.39 is 0 Å². The molecule has 0 aliphatic heterocycles. The number of nitrogens with one attached hydrogen (secondary N) is 1. The minimum absolute atomic E-state index is 0.114. The number of unbranched alkanes of at least 4 members (excludes halogenated alkanes) is 2. The molecule has 0 unspecified atom stereocenters. The molecule has 1 N–H and O–H groups in total. The predicted octanol–water partition coefficient (Wildman–Crippen LogP) is 5.20. The highest BCUT2D eigenvalue weighted by Gasteiger charge is 2.19. The number of hydrazone groups is 1. The van der Waals surface area contributed by atoms with Gasteiger partial charge in [-0.3, -0.25) is 14.0 Å². The molecular formula is C29H35N7O3S. The summed E-state index contributed by atoms with van der Waals surface area (Å²) in [4.78, 5) is 12.7. The molecular weight excluding hydrogens is 526 g/mol. The van der Waals surface area contributed by atoms with Crippen molar-refractivity contribution >= 4 is 23.9 Å². The molecule has 0 aliphatic carbocycles. The maximum Gasteiger partial charge on any atom is 0.250 e. The number of aromatic nitrogens is 5. The van der Waals surface area contributed by atoms with E-state index in [2.05, 4.69) is 32.7 Å². The number of ether oxygens (including phenoxy) is 2. The van der Waals surface area contributed by atoms with Gasteiger partial charge < -0.3 is 9.47 Å². The highest BCUT2D eigenvalue weighted by atomic mass is 32.2. The lowest BCUT2D eigenvalue weighted by Crippen LogP contribution is -2.20. The zero-order valence-corrected chi connectivity index (χ0v) is 24.4. The molecule has 2 heterocycles. The summed E-state index contributed by atoms with van der Waals surface area (Å²) in [6.07, 6.45) is 5.09. The van der Waals surface area contributed by atoms with Gasteiger partial charge in [0.1, 0.15) is 0 Å². The van der Waals surface area contributed by atoms with Crippen LogP contribution in [0.5, 0.6) is 11.5 Å². The van der Waals surface area contributed by atoms with Crippen LogP contribution in [0.25, 0.3) is 17.1 Å². The Labute approximate surface area is 238 Å². The second-order valence-corrected chi connectivity index (χ2v) is 10.1. The van der Waals surface area contributed by atoms with E-state index in [0.29, 0.717) is 22.5 Å². The number of methoxy groups -OCH3 is 2. The second-order valence-electron chi connectivity index (χ2n) is 9.14. The Kier molecular flexibility index (Phi) is 9.96. The summed E-state index contributed by atoms with van der Waals surface area (Å²) in [6.45, 7) is 7.04. The first-order valence-electron chi connectivity index (χ1n) is 13.2. The second kappa shape index (κ2) is 13.8. The minimum Gasteiger partial charge on any atom is -0.493 e. The molecule has 11 heteroatoms. The van der Waals surface area contributed by atoms with Gasteiger partial charge in [-0.25, -0.2) is 5.43 Å². The van der Waals surface area contributed by atoms with Gasteiger partial charge in [-0.15, -0.1) is 10.2 Å². The molecule has 0 saturated heterocycles. The quantitative estimate of drug-likeness (QED) is 0.103. The first-order valence-corrected chi connectivity index (χ1v) is 14.2. The summed E-state index contributed by atoms with van der Waals surface area (Å²) < 4.78 is 14.8. The van der Waals surface area contributed by atoms with Crippen LogP contribution in [0.4, 0.5) is 0 Å². The SMILES string of the molecule is CCCCCn1nc(C)c(C=NNC(=O)CSc2nnc(-c3ccc(OC)c(OC)c3)n2-c2ccccc2)c1C. The van der Waals surface area contributed by atoms with Gasteiger partial charge in [0.05, 0.1) is 31.9 Å². The van der Waals surface area contributed by atoms with E-state index in [-0.39, 0.29) is 11.7 Å². The van der Waals surface area contributed by atoms with Gasteiger partial charge in [0.25, 0.3) is 5.91 Å². The van der Waals surface area contributed by atoms with Crippen LogP contribution in [0.3, 0.4) is 0 Å². The third-order valence-corrected chi connectivity index (χ3v) is 7.34. The van der Waals surface area contributed by atoms with Crippen molar-refractivity contribution in [3.63, 3.8) is 0 Å². The molecule has 0 atom stereocenters. The summed E-state index contributed by atoms with van der Waals surface area (Å²) >= 11 is 1.28. The smallest absolute Gasteiger partial charge is 0.250 e. The van der Waals surface area contributed by atoms with Crippen molar-refractivity contribution in [2.45, 2.75) is 51.7 Å². The molecule has 0 radical (unpaired) electrons. The Morgan fingerprint density at radius 1 is 1.05 bits per heavy atom. The van der Waals surface area contributed by atoms with Crippen LogP contribution in [0, 0.1) is 13.8 Å². The van der Waals surface area contributed by atoms with E-state index in [1.165, 1.54) is 18.2 Å². The first kappa shape index (κ1) is 28.9. The van der Waals surface area contributed by atoms with Gasteiger partial charge in [-0.1, -0.05) is 49.7 Å². The van der Waals surface area contributed by atoms with Crippen molar-refractivity contribution < 1.29 is 14.3 Å². The highest BCUT2D eigenvalue weighted by molar-refractivity contribution is 7.99. The van der Waals surface area contributed by atoms with Gasteiger partial charge in [-0.2, -0.15) is 10.2 Å². The van der Waals surface area contributed by atoms with Crippen LogP contribution >= 0.6 is 11.8 Å². The number of benzene rings is 2. The van der Waals surface area contributed by atoms with E-state index in [9.17, 15) is 4.79 Å². The van der Waals surface area contributed by atoms with E-state index >= 15 is 0 Å². The van der Waals surface area contributed by atoms with E-state index in [1.807, 2.05) is 71.6 Å². The number of hydrogen-bond acceptors (Lipinski definition) is 8. The van der Waals surface area contributed by atoms with Crippen molar-refractivity contribution in [3.8, 4) is 28.6 Å². The molecule has 40 heavy (non-hydrogen) atoms. The van der Waals surface area contributed by atoms with E-state index in [4.69, 9.17) is 9.47 Å². The fraction of sp³-hybridized carbons (Fsp3) is 0.345. The van der Waals surface area contributed by atoms with Gasteiger partial charge in [0.15, 0.2) is 22.5 Å². The Balaban J connectivity index is 1.48. The molecule has 0 bridgehead atoms. The van der Waals surface area contributed by atoms with E-state index in [0.717, 1.165) is 47.6 Å². The van der Waals surface area contributed by atoms with Crippen LogP contribution < -0.4 is 14.9 Å². The Bertz CT molecular complexity index is 1460. The average Bonchev–Trinajstić information content (AvgIpc) is 3.52. The van der Waals surface area contributed by atoms with Gasteiger partial charge in [0.2, 0.25) is 0 Å². The largest absolute Gasteiger partial charge is 0.493 e. The fourth-order valence-corrected chi connectivity index (χ4v) is 5.04. The molecule has 2 aromatic carbocycles. The molecule has 4 aromatic rings. The maximum atomic E-state index is 12.7. The molecule has 10 nitrogen and oxygen atoms in total. The zero-order valence-electron chi connectivity index (χ0n) is 23.5. The van der Waals surface area contributed by atoms with Gasteiger partial charge >= 0.3 is 0 Å². The van der Waals surface area contributed by atoms with Crippen LogP contribution in [-0.2, 0) is 11.3 Å². The standard InChI is InChI=1S/C29H35N7O3S/c1-6-7-11-16-35-21(3)24(20(2)34-35)18-30-31-27(37)19-40-29-33-32-28(36(29)23-12-9-8-10-13-23)22-14-15-25(38-4)26(17-22)39-5/h8-10,12-15,17-18H,6-7,11,16,19H2,1-5H3,(H,31,37). The summed E-state index contributed by atoms with van der Waals surface area (Å²) in [7, 11) is 3.19. The summed E-state index contributed by atoms with van der Waals surface area (Å²) in [5, 5.41) is 18.2. The molecule has 0 fully saturated rings. The van der Waals surface area contributed by atoms with Crippen molar-refractivity contribution in [1.29, 1.82) is 0 Å². The fourth-order valence-electron chi connectivity index (χ4n) is 4.29. The van der Waals surface area contributed by atoms with Crippen molar-refractivity contribution in [3.05, 3.63) is 65.5 Å². The number of amides is 1. The third-order valence-electron chi connectivity index (χ3n) is 6.42. The summed E-state index contributed by atoms with van der Waals surface area (Å²) in [5.41, 5.74) is 7.16. The van der Waals surface area contributed by atoms with Gasteiger partial charge in [0, 0.05) is 29.1 Å². The number of nitrogens with zero attached hydrogens (tertiary/aromatic N) is 6. The number of carbonyl (C=O) groups excluding carboxylic acids is 1. The zero-order chi connectivity index (χ0) is 28.5. The summed E-state index contributed by atoms with van der Waals surface area (Å²) in [5.74, 6) is 1.70. The lowest BCUT2D eigenvalue weighted by atomic mass is 10.2. The Morgan fingerprint density at radius 2 is 1.82 bits per heavy atom. The van der Waals surface area contributed by atoms with Crippen molar-refractivity contribution in [2.75, 3.05) is 20.0 Å². The number of aryl methyl sites for hydroxylation is 2. The molecule has 0 aliphatic rings.